The van der Waals surface area contributed by atoms with E-state index in [1.165, 1.54) is 23.1 Å². The number of hydrogen-bond donors (Lipinski definition) is 0. The summed E-state index contributed by atoms with van der Waals surface area (Å²) >= 11 is 0. The molecule has 186 valence electrons. The van der Waals surface area contributed by atoms with Crippen LogP contribution in [-0.4, -0.2) is 44.1 Å². The highest BCUT2D eigenvalue weighted by Crippen LogP contribution is 2.31. The van der Waals surface area contributed by atoms with E-state index in [0.29, 0.717) is 24.4 Å². The molecule has 0 saturated carbocycles. The molecule has 9 nitrogen and oxygen atoms in total. The van der Waals surface area contributed by atoms with E-state index in [9.17, 15) is 18.0 Å². The van der Waals surface area contributed by atoms with Crippen LogP contribution >= 0.6 is 0 Å². The SMILES string of the molecule is C[C@H]1CCCN(c2nc(-c3cc(-c4ccon4)n(Cc4cccc(F)c4F)n3)ncc2F)[C@H]1OC=O. The molecule has 0 N–H and O–H groups in total. The van der Waals surface area contributed by atoms with Crippen LogP contribution in [0.25, 0.3) is 22.9 Å². The molecular weight excluding hydrogens is 477 g/mol. The van der Waals surface area contributed by atoms with Crippen molar-refractivity contribution in [3.8, 4) is 22.9 Å². The summed E-state index contributed by atoms with van der Waals surface area (Å²) < 4.78 is 54.6. The molecule has 1 saturated heterocycles. The predicted molar refractivity (Wildman–Crippen MR) is 121 cm³/mol. The van der Waals surface area contributed by atoms with E-state index in [0.717, 1.165) is 25.1 Å². The molecule has 36 heavy (non-hydrogen) atoms. The fourth-order valence-corrected chi connectivity index (χ4v) is 4.36. The summed E-state index contributed by atoms with van der Waals surface area (Å²) in [5, 5.41) is 8.40. The van der Waals surface area contributed by atoms with Crippen LogP contribution in [0.3, 0.4) is 0 Å². The van der Waals surface area contributed by atoms with Gasteiger partial charge in [0.2, 0.25) is 0 Å². The molecule has 0 radical (unpaired) electrons. The van der Waals surface area contributed by atoms with Crippen molar-refractivity contribution in [2.45, 2.75) is 32.5 Å². The first kappa shape index (κ1) is 23.5. The van der Waals surface area contributed by atoms with Crippen molar-refractivity contribution in [3.63, 3.8) is 0 Å². The average Bonchev–Trinajstić information content (AvgIpc) is 3.54. The molecule has 0 spiro atoms. The van der Waals surface area contributed by atoms with Gasteiger partial charge < -0.3 is 14.2 Å². The molecule has 0 aliphatic carbocycles. The van der Waals surface area contributed by atoms with Crippen molar-refractivity contribution in [3.05, 3.63) is 65.8 Å². The van der Waals surface area contributed by atoms with Crippen LogP contribution in [-0.2, 0) is 16.1 Å². The number of rotatable bonds is 7. The summed E-state index contributed by atoms with van der Waals surface area (Å²) in [5.41, 5.74) is 1.16. The second kappa shape index (κ2) is 9.80. The van der Waals surface area contributed by atoms with E-state index in [4.69, 9.17) is 9.26 Å². The summed E-state index contributed by atoms with van der Waals surface area (Å²) in [6, 6.07) is 7.07. The van der Waals surface area contributed by atoms with E-state index in [1.807, 2.05) is 6.92 Å². The number of piperidine rings is 1. The Morgan fingerprint density at radius 3 is 2.83 bits per heavy atom. The lowest BCUT2D eigenvalue weighted by molar-refractivity contribution is -0.136. The van der Waals surface area contributed by atoms with Gasteiger partial charge in [-0.3, -0.25) is 9.48 Å². The molecular formula is C24H21F3N6O3. The van der Waals surface area contributed by atoms with Crippen molar-refractivity contribution >= 4 is 12.3 Å². The molecule has 1 aromatic carbocycles. The number of hydrogen-bond acceptors (Lipinski definition) is 8. The third-order valence-electron chi connectivity index (χ3n) is 6.11. The minimum Gasteiger partial charge on any atom is -0.443 e. The zero-order chi connectivity index (χ0) is 25.2. The van der Waals surface area contributed by atoms with Gasteiger partial charge in [0.1, 0.15) is 17.7 Å². The van der Waals surface area contributed by atoms with Crippen LogP contribution in [0, 0.1) is 23.4 Å². The van der Waals surface area contributed by atoms with Gasteiger partial charge >= 0.3 is 0 Å². The fraction of sp³-hybridized carbons (Fsp3) is 0.292. The van der Waals surface area contributed by atoms with Crippen LogP contribution in [0.4, 0.5) is 19.0 Å². The first-order valence-electron chi connectivity index (χ1n) is 11.3. The van der Waals surface area contributed by atoms with Gasteiger partial charge in [0.25, 0.3) is 6.47 Å². The van der Waals surface area contributed by atoms with Crippen LogP contribution < -0.4 is 4.90 Å². The van der Waals surface area contributed by atoms with Gasteiger partial charge in [-0.15, -0.1) is 0 Å². The lowest BCUT2D eigenvalue weighted by Crippen LogP contribution is -2.47. The standard InChI is InChI=1S/C24H21F3N6O3/c1-14-4-3-8-32(24(14)35-13-34)23-17(26)11-28-22(29-23)19-10-20(18-7-9-36-31-18)33(30-19)12-15-5-2-6-16(25)21(15)27/h2,5-7,9-11,13-14,24H,3-4,8,12H2,1H3/t14-,24-/m0/s1. The number of carbonyl (C=O) groups excluding carboxylic acids is 1. The molecule has 1 aliphatic rings. The number of carbonyl (C=O) groups is 1. The highest BCUT2D eigenvalue weighted by molar-refractivity contribution is 5.63. The van der Waals surface area contributed by atoms with Crippen LogP contribution in [0.1, 0.15) is 25.3 Å². The van der Waals surface area contributed by atoms with Gasteiger partial charge in [-0.1, -0.05) is 24.2 Å². The lowest BCUT2D eigenvalue weighted by atomic mass is 9.98. The van der Waals surface area contributed by atoms with Gasteiger partial charge in [0.05, 0.1) is 18.4 Å². The zero-order valence-corrected chi connectivity index (χ0v) is 19.1. The number of ether oxygens (including phenoxy) is 1. The van der Waals surface area contributed by atoms with Gasteiger partial charge in [-0.25, -0.2) is 23.1 Å². The van der Waals surface area contributed by atoms with Crippen LogP contribution in [0.5, 0.6) is 0 Å². The Morgan fingerprint density at radius 1 is 1.19 bits per heavy atom. The predicted octanol–water partition coefficient (Wildman–Crippen LogP) is 4.20. The van der Waals surface area contributed by atoms with Crippen molar-refractivity contribution in [2.75, 3.05) is 11.4 Å². The van der Waals surface area contributed by atoms with E-state index < -0.39 is 23.7 Å². The number of halogens is 3. The fourth-order valence-electron chi connectivity index (χ4n) is 4.36. The summed E-state index contributed by atoms with van der Waals surface area (Å²) in [6.07, 6.45) is 3.30. The van der Waals surface area contributed by atoms with Gasteiger partial charge in [-0.05, 0) is 25.0 Å². The number of aromatic nitrogens is 5. The Balaban J connectivity index is 1.55. The van der Waals surface area contributed by atoms with Crippen molar-refractivity contribution in [2.24, 2.45) is 5.92 Å². The van der Waals surface area contributed by atoms with E-state index in [1.54, 1.807) is 17.0 Å². The second-order valence-electron chi connectivity index (χ2n) is 8.47. The maximum Gasteiger partial charge on any atom is 0.295 e. The Morgan fingerprint density at radius 2 is 2.06 bits per heavy atom. The van der Waals surface area contributed by atoms with Gasteiger partial charge in [0.15, 0.2) is 35.3 Å². The summed E-state index contributed by atoms with van der Waals surface area (Å²) in [5.74, 6) is -2.59. The molecule has 1 fully saturated rings. The second-order valence-corrected chi connectivity index (χ2v) is 8.47. The van der Waals surface area contributed by atoms with E-state index in [2.05, 4.69) is 20.2 Å². The highest BCUT2D eigenvalue weighted by Gasteiger charge is 2.33. The van der Waals surface area contributed by atoms with Crippen LogP contribution in [0.2, 0.25) is 0 Å². The van der Waals surface area contributed by atoms with Gasteiger partial charge in [0, 0.05) is 24.1 Å². The molecule has 4 heterocycles. The Kier molecular flexibility index (Phi) is 6.40. The Hall–Kier alpha value is -4.22. The summed E-state index contributed by atoms with van der Waals surface area (Å²) in [4.78, 5) is 21.2. The molecule has 12 heteroatoms. The molecule has 2 atom stereocenters. The van der Waals surface area contributed by atoms with Crippen molar-refractivity contribution in [1.29, 1.82) is 0 Å². The number of benzene rings is 1. The smallest absolute Gasteiger partial charge is 0.295 e. The maximum absolute atomic E-state index is 14.9. The first-order valence-corrected chi connectivity index (χ1v) is 11.3. The Labute approximate surface area is 203 Å². The number of anilines is 1. The zero-order valence-electron chi connectivity index (χ0n) is 19.1. The number of nitrogens with zero attached hydrogens (tertiary/aromatic N) is 6. The minimum absolute atomic E-state index is 0.0212. The first-order chi connectivity index (χ1) is 17.5. The van der Waals surface area contributed by atoms with Crippen molar-refractivity contribution < 1.29 is 27.2 Å². The molecule has 5 rings (SSSR count). The third kappa shape index (κ3) is 4.41. The third-order valence-corrected chi connectivity index (χ3v) is 6.11. The van der Waals surface area contributed by atoms with E-state index in [-0.39, 0.29) is 35.4 Å². The van der Waals surface area contributed by atoms with Gasteiger partial charge in [-0.2, -0.15) is 5.10 Å². The topological polar surface area (TPSA) is 99.2 Å². The summed E-state index contributed by atoms with van der Waals surface area (Å²) in [6.45, 7) is 2.58. The lowest BCUT2D eigenvalue weighted by Gasteiger charge is -2.38. The largest absolute Gasteiger partial charge is 0.443 e. The molecule has 0 bridgehead atoms. The molecule has 3 aromatic heterocycles. The highest BCUT2D eigenvalue weighted by atomic mass is 19.2. The molecule has 0 amide bonds. The Bertz CT molecular complexity index is 1380. The molecule has 4 aromatic rings. The van der Waals surface area contributed by atoms with Crippen LogP contribution in [0.15, 0.2) is 47.3 Å². The van der Waals surface area contributed by atoms with E-state index >= 15 is 0 Å². The normalized spacial score (nSPS) is 17.8. The monoisotopic (exact) mass is 498 g/mol. The minimum atomic E-state index is -0.985. The maximum atomic E-state index is 14.9. The summed E-state index contributed by atoms with van der Waals surface area (Å²) in [7, 11) is 0. The average molecular weight is 498 g/mol. The quantitative estimate of drug-likeness (QED) is 0.350. The molecule has 1 aliphatic heterocycles. The van der Waals surface area contributed by atoms with Crippen molar-refractivity contribution in [1.82, 2.24) is 24.9 Å². The molecule has 0 unspecified atom stereocenters.